The van der Waals surface area contributed by atoms with Gasteiger partial charge in [-0.3, -0.25) is 0 Å². The minimum Gasteiger partial charge on any atom is -0.417 e. The van der Waals surface area contributed by atoms with Crippen molar-refractivity contribution in [3.8, 4) is 0 Å². The Hall–Kier alpha value is -0.783. The quantitative estimate of drug-likeness (QED) is 0.819. The maximum absolute atomic E-state index is 13.6. The van der Waals surface area contributed by atoms with Crippen molar-refractivity contribution in [3.63, 3.8) is 0 Å². The van der Waals surface area contributed by atoms with Crippen molar-refractivity contribution in [2.75, 3.05) is 6.61 Å². The fourth-order valence-electron chi connectivity index (χ4n) is 1.62. The highest BCUT2D eigenvalue weighted by Crippen LogP contribution is 2.36. The molecule has 0 fully saturated rings. The molecule has 0 saturated carbocycles. The molecule has 0 aliphatic carbocycles. The van der Waals surface area contributed by atoms with E-state index >= 15 is 0 Å². The first-order chi connectivity index (χ1) is 9.04. The van der Waals surface area contributed by atoms with Gasteiger partial charge in [-0.15, -0.1) is 0 Å². The van der Waals surface area contributed by atoms with E-state index in [-0.39, 0.29) is 5.04 Å². The van der Waals surface area contributed by atoms with Gasteiger partial charge in [0.25, 0.3) is 0 Å². The number of rotatable bonds is 5. The molecule has 114 valence electrons. The fourth-order valence-corrected chi connectivity index (χ4v) is 2.68. The minimum atomic E-state index is -1.80. The summed E-state index contributed by atoms with van der Waals surface area (Å²) in [5.41, 5.74) is 6.30. The summed E-state index contributed by atoms with van der Waals surface area (Å²) in [6.45, 7) is 11.3. The summed E-state index contributed by atoms with van der Waals surface area (Å²) in [6, 6.07) is 3.03. The highest BCUT2D eigenvalue weighted by molar-refractivity contribution is 6.74. The summed E-state index contributed by atoms with van der Waals surface area (Å²) in [6.07, 6.45) is 0.523. The highest BCUT2D eigenvalue weighted by atomic mass is 28.4. The molecule has 0 aliphatic rings. The van der Waals surface area contributed by atoms with Crippen LogP contribution in [0.4, 0.5) is 8.78 Å². The molecule has 0 heterocycles. The van der Waals surface area contributed by atoms with E-state index in [1.54, 1.807) is 0 Å². The van der Waals surface area contributed by atoms with Crippen LogP contribution in [0.15, 0.2) is 18.2 Å². The van der Waals surface area contributed by atoms with E-state index in [0.29, 0.717) is 18.6 Å². The Balaban J connectivity index is 2.58. The standard InChI is InChI=1S/C15H25F2NOSi/c1-15(2,3)20(4,5)19-9-8-14(18)12-7-6-11(16)10-13(12)17/h6-7,10,14H,8-9,18H2,1-5H3/t14-/m0/s1. The zero-order valence-corrected chi connectivity index (χ0v) is 14.0. The lowest BCUT2D eigenvalue weighted by molar-refractivity contribution is 0.271. The van der Waals surface area contributed by atoms with Crippen LogP contribution in [-0.2, 0) is 4.43 Å². The van der Waals surface area contributed by atoms with E-state index in [1.165, 1.54) is 12.1 Å². The van der Waals surface area contributed by atoms with Crippen molar-refractivity contribution < 1.29 is 13.2 Å². The first-order valence-corrected chi connectivity index (χ1v) is 9.80. The fraction of sp³-hybridized carbons (Fsp3) is 0.600. The van der Waals surface area contributed by atoms with Crippen molar-refractivity contribution >= 4 is 8.32 Å². The van der Waals surface area contributed by atoms with E-state index in [1.807, 2.05) is 0 Å². The van der Waals surface area contributed by atoms with Gasteiger partial charge in [0, 0.05) is 24.3 Å². The van der Waals surface area contributed by atoms with Gasteiger partial charge in [-0.25, -0.2) is 8.78 Å². The predicted molar refractivity (Wildman–Crippen MR) is 81.1 cm³/mol. The number of halogens is 2. The third-order valence-electron chi connectivity index (χ3n) is 4.06. The van der Waals surface area contributed by atoms with Crippen molar-refractivity contribution in [2.24, 2.45) is 5.73 Å². The third-order valence-corrected chi connectivity index (χ3v) is 8.60. The average molecular weight is 301 g/mol. The summed E-state index contributed by atoms with van der Waals surface area (Å²) in [4.78, 5) is 0. The molecule has 2 nitrogen and oxygen atoms in total. The van der Waals surface area contributed by atoms with Crippen LogP contribution in [0.25, 0.3) is 0 Å². The average Bonchev–Trinajstić information content (AvgIpc) is 2.26. The molecular formula is C15H25F2NOSi. The Morgan fingerprint density at radius 2 is 1.85 bits per heavy atom. The molecule has 0 saturated heterocycles. The molecule has 1 aromatic carbocycles. The van der Waals surface area contributed by atoms with Crippen molar-refractivity contribution in [1.82, 2.24) is 0 Å². The van der Waals surface area contributed by atoms with Gasteiger partial charge in [0.05, 0.1) is 0 Å². The molecule has 0 bridgehead atoms. The molecule has 0 aliphatic heterocycles. The van der Waals surface area contributed by atoms with E-state index in [9.17, 15) is 8.78 Å². The molecule has 20 heavy (non-hydrogen) atoms. The van der Waals surface area contributed by atoms with Crippen LogP contribution >= 0.6 is 0 Å². The number of hydrogen-bond acceptors (Lipinski definition) is 2. The summed E-state index contributed by atoms with van der Waals surface area (Å²) in [5, 5.41) is 0.137. The summed E-state index contributed by atoms with van der Waals surface area (Å²) < 4.78 is 32.5. The predicted octanol–water partition coefficient (Wildman–Crippen LogP) is 4.38. The van der Waals surface area contributed by atoms with E-state index < -0.39 is 26.0 Å². The van der Waals surface area contributed by atoms with Gasteiger partial charge in [0.15, 0.2) is 8.32 Å². The largest absolute Gasteiger partial charge is 0.417 e. The second-order valence-electron chi connectivity index (χ2n) is 6.67. The molecule has 5 heteroatoms. The van der Waals surface area contributed by atoms with Crippen molar-refractivity contribution in [3.05, 3.63) is 35.4 Å². The topological polar surface area (TPSA) is 35.2 Å². The molecule has 0 amide bonds. The van der Waals surface area contributed by atoms with Crippen LogP contribution in [0.5, 0.6) is 0 Å². The lowest BCUT2D eigenvalue weighted by Gasteiger charge is -2.36. The molecule has 1 aromatic rings. The maximum Gasteiger partial charge on any atom is 0.191 e. The first-order valence-electron chi connectivity index (χ1n) is 6.89. The number of nitrogens with two attached hydrogens (primary N) is 1. The Labute approximate surface area is 121 Å². The third kappa shape index (κ3) is 4.36. The van der Waals surface area contributed by atoms with Crippen molar-refractivity contribution in [1.29, 1.82) is 0 Å². The lowest BCUT2D eigenvalue weighted by atomic mass is 10.0. The normalized spacial score (nSPS) is 14.4. The highest BCUT2D eigenvalue weighted by Gasteiger charge is 2.37. The molecule has 0 radical (unpaired) electrons. The second-order valence-corrected chi connectivity index (χ2v) is 11.5. The van der Waals surface area contributed by atoms with E-state index in [2.05, 4.69) is 33.9 Å². The molecule has 1 rings (SSSR count). The summed E-state index contributed by atoms with van der Waals surface area (Å²) in [7, 11) is -1.80. The monoisotopic (exact) mass is 301 g/mol. The summed E-state index contributed by atoms with van der Waals surface area (Å²) in [5.74, 6) is -1.18. The lowest BCUT2D eigenvalue weighted by Crippen LogP contribution is -2.41. The van der Waals surface area contributed by atoms with Gasteiger partial charge in [-0.2, -0.15) is 0 Å². The van der Waals surface area contributed by atoms with Gasteiger partial charge in [-0.05, 0) is 30.6 Å². The zero-order valence-electron chi connectivity index (χ0n) is 13.0. The first kappa shape index (κ1) is 17.3. The van der Waals surface area contributed by atoms with Crippen LogP contribution in [0.1, 0.15) is 38.8 Å². The van der Waals surface area contributed by atoms with Crippen LogP contribution in [0.2, 0.25) is 18.1 Å². The summed E-state index contributed by atoms with van der Waals surface area (Å²) >= 11 is 0. The van der Waals surface area contributed by atoms with Crippen LogP contribution < -0.4 is 5.73 Å². The van der Waals surface area contributed by atoms with Crippen molar-refractivity contribution in [2.45, 2.75) is 51.4 Å². The Morgan fingerprint density at radius 3 is 2.35 bits per heavy atom. The van der Waals surface area contributed by atoms with Gasteiger partial charge in [0.1, 0.15) is 11.6 Å². The van der Waals surface area contributed by atoms with Gasteiger partial charge in [0.2, 0.25) is 0 Å². The van der Waals surface area contributed by atoms with Crippen LogP contribution in [-0.4, -0.2) is 14.9 Å². The van der Waals surface area contributed by atoms with E-state index in [0.717, 1.165) is 6.07 Å². The SMILES string of the molecule is CC(C)(C)[Si](C)(C)OCC[C@H](N)c1ccc(F)cc1F. The Kier molecular flexibility index (Phi) is 5.46. The number of benzene rings is 1. The molecular weight excluding hydrogens is 276 g/mol. The molecule has 0 unspecified atom stereocenters. The Morgan fingerprint density at radius 1 is 1.25 bits per heavy atom. The van der Waals surface area contributed by atoms with E-state index in [4.69, 9.17) is 10.2 Å². The molecule has 0 spiro atoms. The minimum absolute atomic E-state index is 0.137. The Bertz CT molecular complexity index is 458. The van der Waals surface area contributed by atoms with Crippen LogP contribution in [0, 0.1) is 11.6 Å². The smallest absolute Gasteiger partial charge is 0.191 e. The number of hydrogen-bond donors (Lipinski definition) is 1. The molecule has 0 aromatic heterocycles. The maximum atomic E-state index is 13.6. The van der Waals surface area contributed by atoms with Gasteiger partial charge < -0.3 is 10.2 Å². The van der Waals surface area contributed by atoms with Crippen LogP contribution in [0.3, 0.4) is 0 Å². The van der Waals surface area contributed by atoms with Gasteiger partial charge >= 0.3 is 0 Å². The molecule has 1 atom stereocenters. The van der Waals surface area contributed by atoms with Gasteiger partial charge in [-0.1, -0.05) is 26.8 Å². The zero-order chi connectivity index (χ0) is 15.6. The second kappa shape index (κ2) is 6.33. The molecule has 2 N–H and O–H groups in total.